The van der Waals surface area contributed by atoms with Gasteiger partial charge in [0.05, 0.1) is 0 Å². The molecule has 2 heterocycles. The standard InChI is InChI=1S/C19H24O2S2/c1-11-10-13(19(3)7-8-19)17(23-11)15(21)14(20)16-12(4-9-22-16)18(2)5-6-18/h4,9-10,14-15,20-21H,5-8H2,1-3H3. The van der Waals surface area contributed by atoms with Crippen molar-refractivity contribution in [1.82, 2.24) is 0 Å². The van der Waals surface area contributed by atoms with Crippen LogP contribution < -0.4 is 0 Å². The number of aliphatic hydroxyl groups excluding tert-OH is 2. The molecule has 2 atom stereocenters. The van der Waals surface area contributed by atoms with Gasteiger partial charge in [-0.2, -0.15) is 0 Å². The average Bonchev–Trinajstić information content (AvgIpc) is 3.31. The van der Waals surface area contributed by atoms with E-state index in [2.05, 4.69) is 32.9 Å². The van der Waals surface area contributed by atoms with Gasteiger partial charge in [-0.1, -0.05) is 13.8 Å². The number of aliphatic hydroxyl groups is 2. The van der Waals surface area contributed by atoms with Crippen molar-refractivity contribution in [2.75, 3.05) is 0 Å². The maximum atomic E-state index is 10.9. The van der Waals surface area contributed by atoms with E-state index < -0.39 is 12.2 Å². The van der Waals surface area contributed by atoms with Gasteiger partial charge in [0, 0.05) is 14.6 Å². The van der Waals surface area contributed by atoms with E-state index in [9.17, 15) is 10.2 Å². The number of rotatable bonds is 5. The zero-order chi connectivity index (χ0) is 16.4. The van der Waals surface area contributed by atoms with Crippen molar-refractivity contribution in [3.05, 3.63) is 43.3 Å². The molecule has 2 aromatic rings. The van der Waals surface area contributed by atoms with Gasteiger partial charge in [0.15, 0.2) is 0 Å². The van der Waals surface area contributed by atoms with Gasteiger partial charge in [0.1, 0.15) is 12.2 Å². The van der Waals surface area contributed by atoms with Crippen LogP contribution in [0.5, 0.6) is 0 Å². The highest BCUT2D eigenvalue weighted by Crippen LogP contribution is 2.55. The fourth-order valence-electron chi connectivity index (χ4n) is 3.47. The Bertz CT molecular complexity index is 734. The summed E-state index contributed by atoms with van der Waals surface area (Å²) in [4.78, 5) is 3.14. The first-order valence-corrected chi connectivity index (χ1v) is 10.1. The number of aryl methyl sites for hydroxylation is 1. The summed E-state index contributed by atoms with van der Waals surface area (Å²) in [5.74, 6) is 0. The molecule has 2 nitrogen and oxygen atoms in total. The molecule has 2 N–H and O–H groups in total. The Kier molecular flexibility index (Phi) is 3.55. The normalized spacial score (nSPS) is 23.5. The van der Waals surface area contributed by atoms with Gasteiger partial charge in [-0.25, -0.2) is 0 Å². The summed E-state index contributed by atoms with van der Waals surface area (Å²) in [6, 6.07) is 4.34. The monoisotopic (exact) mass is 348 g/mol. The van der Waals surface area contributed by atoms with E-state index in [0.717, 1.165) is 9.75 Å². The van der Waals surface area contributed by atoms with Crippen molar-refractivity contribution in [3.8, 4) is 0 Å². The predicted molar refractivity (Wildman–Crippen MR) is 96.5 cm³/mol. The maximum absolute atomic E-state index is 10.9. The molecule has 0 saturated heterocycles. The van der Waals surface area contributed by atoms with Crippen LogP contribution >= 0.6 is 22.7 Å². The molecule has 2 fully saturated rings. The van der Waals surface area contributed by atoms with Crippen LogP contribution in [0.15, 0.2) is 17.5 Å². The van der Waals surface area contributed by atoms with E-state index in [4.69, 9.17) is 0 Å². The van der Waals surface area contributed by atoms with Crippen LogP contribution in [0, 0.1) is 6.92 Å². The molecule has 0 spiro atoms. The molecule has 0 bridgehead atoms. The van der Waals surface area contributed by atoms with Crippen molar-refractivity contribution in [1.29, 1.82) is 0 Å². The van der Waals surface area contributed by atoms with Crippen LogP contribution in [0.4, 0.5) is 0 Å². The quantitative estimate of drug-likeness (QED) is 0.799. The average molecular weight is 349 g/mol. The van der Waals surface area contributed by atoms with Crippen molar-refractivity contribution < 1.29 is 10.2 Å². The second-order valence-electron chi connectivity index (χ2n) is 7.84. The molecular formula is C19H24O2S2. The zero-order valence-electron chi connectivity index (χ0n) is 13.9. The second-order valence-corrected chi connectivity index (χ2v) is 10.1. The van der Waals surface area contributed by atoms with Crippen LogP contribution in [0.25, 0.3) is 0 Å². The lowest BCUT2D eigenvalue weighted by molar-refractivity contribution is 0.0203. The summed E-state index contributed by atoms with van der Waals surface area (Å²) in [7, 11) is 0. The number of hydrogen-bond donors (Lipinski definition) is 2. The number of thiophene rings is 2. The third-order valence-electron chi connectivity index (χ3n) is 5.72. The number of hydrogen-bond acceptors (Lipinski definition) is 4. The maximum Gasteiger partial charge on any atom is 0.119 e. The van der Waals surface area contributed by atoms with Crippen LogP contribution in [-0.4, -0.2) is 10.2 Å². The van der Waals surface area contributed by atoms with Gasteiger partial charge in [-0.15, -0.1) is 22.7 Å². The lowest BCUT2D eigenvalue weighted by Crippen LogP contribution is -2.15. The highest BCUT2D eigenvalue weighted by Gasteiger charge is 2.45. The van der Waals surface area contributed by atoms with Crippen molar-refractivity contribution in [2.45, 2.75) is 69.5 Å². The molecule has 0 aromatic carbocycles. The van der Waals surface area contributed by atoms with Gasteiger partial charge in [0.25, 0.3) is 0 Å². The molecule has 4 rings (SSSR count). The minimum absolute atomic E-state index is 0.210. The first-order chi connectivity index (χ1) is 10.8. The third-order valence-corrected chi connectivity index (χ3v) is 7.82. The predicted octanol–water partition coefficient (Wildman–Crippen LogP) is 4.99. The van der Waals surface area contributed by atoms with Gasteiger partial charge >= 0.3 is 0 Å². The summed E-state index contributed by atoms with van der Waals surface area (Å²) in [5, 5.41) is 23.9. The van der Waals surface area contributed by atoms with E-state index in [0.29, 0.717) is 0 Å². The molecular weight excluding hydrogens is 324 g/mol. The fraction of sp³-hybridized carbons (Fsp3) is 0.579. The molecule has 2 aliphatic rings. The summed E-state index contributed by atoms with van der Waals surface area (Å²) in [6.45, 7) is 6.60. The van der Waals surface area contributed by atoms with Crippen molar-refractivity contribution in [3.63, 3.8) is 0 Å². The smallest absolute Gasteiger partial charge is 0.119 e. The Hall–Kier alpha value is -0.680. The molecule has 0 amide bonds. The fourth-order valence-corrected chi connectivity index (χ4v) is 5.72. The van der Waals surface area contributed by atoms with E-state index >= 15 is 0 Å². The summed E-state index contributed by atoms with van der Waals surface area (Å²) in [6.07, 6.45) is 3.09. The molecule has 2 unspecified atom stereocenters. The first kappa shape index (κ1) is 15.8. The lowest BCUT2D eigenvalue weighted by atomic mass is 9.92. The lowest BCUT2D eigenvalue weighted by Gasteiger charge is -2.22. The Morgan fingerprint density at radius 1 is 0.957 bits per heavy atom. The van der Waals surface area contributed by atoms with Crippen molar-refractivity contribution >= 4 is 22.7 Å². The SMILES string of the molecule is Cc1cc(C2(C)CC2)c(C(O)C(O)c2sccc2C2(C)CC2)s1. The Morgan fingerprint density at radius 2 is 1.52 bits per heavy atom. The zero-order valence-corrected chi connectivity index (χ0v) is 15.6. The van der Waals surface area contributed by atoms with E-state index in [-0.39, 0.29) is 10.8 Å². The molecule has 2 aromatic heterocycles. The van der Waals surface area contributed by atoms with Gasteiger partial charge in [-0.3, -0.25) is 0 Å². The summed E-state index contributed by atoms with van der Waals surface area (Å²) >= 11 is 3.22. The van der Waals surface area contributed by atoms with E-state index in [1.165, 1.54) is 41.7 Å². The molecule has 4 heteroatoms. The molecule has 2 aliphatic carbocycles. The molecule has 23 heavy (non-hydrogen) atoms. The Labute approximate surface area is 145 Å². The molecule has 0 aliphatic heterocycles. The first-order valence-electron chi connectivity index (χ1n) is 8.39. The van der Waals surface area contributed by atoms with Crippen LogP contribution in [-0.2, 0) is 10.8 Å². The van der Waals surface area contributed by atoms with E-state index in [1.807, 2.05) is 5.38 Å². The van der Waals surface area contributed by atoms with Crippen molar-refractivity contribution in [2.24, 2.45) is 0 Å². The summed E-state index contributed by atoms with van der Waals surface area (Å²) < 4.78 is 0. The highest BCUT2D eigenvalue weighted by molar-refractivity contribution is 7.12. The molecule has 0 radical (unpaired) electrons. The van der Waals surface area contributed by atoms with Crippen LogP contribution in [0.2, 0.25) is 0 Å². The second kappa shape index (κ2) is 5.16. The van der Waals surface area contributed by atoms with Gasteiger partial charge < -0.3 is 10.2 Å². The minimum Gasteiger partial charge on any atom is -0.384 e. The molecule has 124 valence electrons. The Morgan fingerprint density at radius 3 is 2.13 bits per heavy atom. The highest BCUT2D eigenvalue weighted by atomic mass is 32.1. The largest absolute Gasteiger partial charge is 0.384 e. The van der Waals surface area contributed by atoms with Crippen LogP contribution in [0.3, 0.4) is 0 Å². The van der Waals surface area contributed by atoms with Gasteiger partial charge in [0.2, 0.25) is 0 Å². The topological polar surface area (TPSA) is 40.5 Å². The van der Waals surface area contributed by atoms with Gasteiger partial charge in [-0.05, 0) is 72.1 Å². The van der Waals surface area contributed by atoms with E-state index in [1.54, 1.807) is 22.7 Å². The van der Waals surface area contributed by atoms with Crippen LogP contribution in [0.1, 0.15) is 77.5 Å². The molecule has 2 saturated carbocycles. The Balaban J connectivity index is 1.67. The third kappa shape index (κ3) is 2.60. The minimum atomic E-state index is -0.819. The summed E-state index contributed by atoms with van der Waals surface area (Å²) in [5.41, 5.74) is 2.91.